The minimum atomic E-state index is 0.492. The van der Waals surface area contributed by atoms with Gasteiger partial charge >= 0.3 is 0 Å². The van der Waals surface area contributed by atoms with E-state index < -0.39 is 0 Å². The fourth-order valence-corrected chi connectivity index (χ4v) is 3.32. The Bertz CT molecular complexity index is 609. The summed E-state index contributed by atoms with van der Waals surface area (Å²) >= 11 is 2.32. The van der Waals surface area contributed by atoms with Crippen molar-refractivity contribution in [3.63, 3.8) is 0 Å². The van der Waals surface area contributed by atoms with Crippen molar-refractivity contribution in [3.05, 3.63) is 62.7 Å². The molecule has 0 saturated carbocycles. The van der Waals surface area contributed by atoms with Crippen molar-refractivity contribution in [3.8, 4) is 5.75 Å². The van der Waals surface area contributed by atoms with E-state index in [1.54, 1.807) is 0 Å². The Kier molecular flexibility index (Phi) is 4.80. The molecule has 1 aliphatic carbocycles. The van der Waals surface area contributed by atoms with Gasteiger partial charge in [-0.05, 0) is 76.9 Å². The molecule has 0 saturated heterocycles. The lowest BCUT2D eigenvalue weighted by Gasteiger charge is -2.14. The summed E-state index contributed by atoms with van der Waals surface area (Å²) in [6.45, 7) is 3.81. The molecule has 0 bridgehead atoms. The fourth-order valence-electron chi connectivity index (χ4n) is 2.96. The number of hydrogen-bond donors (Lipinski definition) is 1. The Hall–Kier alpha value is -1.07. The summed E-state index contributed by atoms with van der Waals surface area (Å²) in [5.74, 6) is 1.05. The van der Waals surface area contributed by atoms with E-state index in [0.29, 0.717) is 12.6 Å². The fraction of sp³-hybridized carbons (Fsp3) is 0.333. The first-order valence-corrected chi connectivity index (χ1v) is 8.58. The maximum atomic E-state index is 6.07. The highest BCUT2D eigenvalue weighted by atomic mass is 127. The maximum Gasteiger partial charge on any atom is 0.123 e. The Balaban J connectivity index is 1.73. The highest BCUT2D eigenvalue weighted by molar-refractivity contribution is 14.1. The molecule has 1 unspecified atom stereocenters. The van der Waals surface area contributed by atoms with Crippen LogP contribution in [0, 0.1) is 3.57 Å². The summed E-state index contributed by atoms with van der Waals surface area (Å²) in [5.41, 5.74) is 4.01. The highest BCUT2D eigenvalue weighted by Crippen LogP contribution is 2.37. The lowest BCUT2D eigenvalue weighted by molar-refractivity contribution is 0.303. The van der Waals surface area contributed by atoms with Crippen molar-refractivity contribution in [2.75, 3.05) is 6.54 Å². The van der Waals surface area contributed by atoms with Crippen LogP contribution in [0.4, 0.5) is 0 Å². The zero-order valence-corrected chi connectivity index (χ0v) is 14.4. The smallest absolute Gasteiger partial charge is 0.123 e. The van der Waals surface area contributed by atoms with Crippen LogP contribution < -0.4 is 10.1 Å². The van der Waals surface area contributed by atoms with Gasteiger partial charge in [0.05, 0.1) is 0 Å². The van der Waals surface area contributed by atoms with Gasteiger partial charge in [-0.2, -0.15) is 0 Å². The standard InChI is InChI=1S/C18H20INO/c1-2-20-17-11-10-16-15(17)4-3-5-18(16)21-12-13-6-8-14(19)9-7-13/h3-9,17,20H,2,10-12H2,1H3. The molecule has 0 fully saturated rings. The van der Waals surface area contributed by atoms with Crippen LogP contribution in [0.25, 0.3) is 0 Å². The van der Waals surface area contributed by atoms with Crippen LogP contribution in [0.15, 0.2) is 42.5 Å². The second-order valence-electron chi connectivity index (χ2n) is 5.39. The van der Waals surface area contributed by atoms with Crippen molar-refractivity contribution >= 4 is 22.6 Å². The Morgan fingerprint density at radius 3 is 2.76 bits per heavy atom. The van der Waals surface area contributed by atoms with Crippen molar-refractivity contribution in [2.45, 2.75) is 32.4 Å². The molecule has 110 valence electrons. The minimum Gasteiger partial charge on any atom is -0.489 e. The monoisotopic (exact) mass is 393 g/mol. The molecule has 3 heteroatoms. The Labute approximate surface area is 140 Å². The highest BCUT2D eigenvalue weighted by Gasteiger charge is 2.24. The summed E-state index contributed by atoms with van der Waals surface area (Å²) in [7, 11) is 0. The molecule has 0 spiro atoms. The van der Waals surface area contributed by atoms with Gasteiger partial charge < -0.3 is 10.1 Å². The molecule has 0 aromatic heterocycles. The van der Waals surface area contributed by atoms with E-state index in [1.807, 2.05) is 0 Å². The molecule has 1 aliphatic rings. The van der Waals surface area contributed by atoms with Gasteiger partial charge in [-0.1, -0.05) is 31.2 Å². The van der Waals surface area contributed by atoms with Gasteiger partial charge in [0, 0.05) is 9.61 Å². The summed E-state index contributed by atoms with van der Waals surface area (Å²) in [6.07, 6.45) is 2.28. The summed E-state index contributed by atoms with van der Waals surface area (Å²) < 4.78 is 7.33. The molecule has 1 atom stereocenters. The minimum absolute atomic E-state index is 0.492. The quantitative estimate of drug-likeness (QED) is 0.758. The number of ether oxygens (including phenoxy) is 1. The first-order valence-electron chi connectivity index (χ1n) is 7.50. The van der Waals surface area contributed by atoms with Gasteiger partial charge in [-0.25, -0.2) is 0 Å². The van der Waals surface area contributed by atoms with E-state index in [2.05, 4.69) is 77.3 Å². The van der Waals surface area contributed by atoms with Gasteiger partial charge in [-0.3, -0.25) is 0 Å². The molecule has 0 radical (unpaired) electrons. The first kappa shape index (κ1) is 14.9. The first-order chi connectivity index (χ1) is 10.3. The predicted octanol–water partition coefficient (Wildman–Crippen LogP) is 4.47. The van der Waals surface area contributed by atoms with E-state index in [4.69, 9.17) is 4.74 Å². The van der Waals surface area contributed by atoms with Crippen LogP contribution in [-0.4, -0.2) is 6.54 Å². The number of nitrogens with one attached hydrogen (secondary N) is 1. The van der Waals surface area contributed by atoms with E-state index >= 15 is 0 Å². The van der Waals surface area contributed by atoms with Crippen LogP contribution in [0.5, 0.6) is 5.75 Å². The van der Waals surface area contributed by atoms with Gasteiger partial charge in [0.15, 0.2) is 0 Å². The zero-order valence-electron chi connectivity index (χ0n) is 12.2. The number of hydrogen-bond acceptors (Lipinski definition) is 2. The van der Waals surface area contributed by atoms with E-state index in [1.165, 1.54) is 26.7 Å². The third kappa shape index (κ3) is 3.40. The summed E-state index contributed by atoms with van der Waals surface area (Å²) in [4.78, 5) is 0. The lowest BCUT2D eigenvalue weighted by atomic mass is 10.1. The SMILES string of the molecule is CCNC1CCc2c(OCc3ccc(I)cc3)cccc21. The largest absolute Gasteiger partial charge is 0.489 e. The maximum absolute atomic E-state index is 6.07. The molecular formula is C18H20INO. The molecule has 2 aromatic rings. The lowest BCUT2D eigenvalue weighted by Crippen LogP contribution is -2.18. The summed E-state index contributed by atoms with van der Waals surface area (Å²) in [6, 6.07) is 15.4. The van der Waals surface area contributed by atoms with Crippen LogP contribution in [0.2, 0.25) is 0 Å². The molecule has 0 amide bonds. The second-order valence-corrected chi connectivity index (χ2v) is 6.63. The van der Waals surface area contributed by atoms with Crippen LogP contribution in [0.3, 0.4) is 0 Å². The van der Waals surface area contributed by atoms with Gasteiger partial charge in [0.25, 0.3) is 0 Å². The Morgan fingerprint density at radius 1 is 1.19 bits per heavy atom. The normalized spacial score (nSPS) is 16.8. The van der Waals surface area contributed by atoms with E-state index in [-0.39, 0.29) is 0 Å². The third-order valence-corrected chi connectivity index (χ3v) is 4.70. The average Bonchev–Trinajstić information content (AvgIpc) is 2.91. The molecule has 2 nitrogen and oxygen atoms in total. The summed E-state index contributed by atoms with van der Waals surface area (Å²) in [5, 5.41) is 3.55. The van der Waals surface area contributed by atoms with Gasteiger partial charge in [-0.15, -0.1) is 0 Å². The van der Waals surface area contributed by atoms with Crippen molar-refractivity contribution in [1.29, 1.82) is 0 Å². The number of rotatable bonds is 5. The third-order valence-electron chi connectivity index (χ3n) is 3.99. The average molecular weight is 393 g/mol. The molecular weight excluding hydrogens is 373 g/mol. The van der Waals surface area contributed by atoms with Crippen molar-refractivity contribution in [2.24, 2.45) is 0 Å². The van der Waals surface area contributed by atoms with Crippen LogP contribution >= 0.6 is 22.6 Å². The number of fused-ring (bicyclic) bond motifs is 1. The van der Waals surface area contributed by atoms with Crippen LogP contribution in [0.1, 0.15) is 36.1 Å². The molecule has 1 N–H and O–H groups in total. The van der Waals surface area contributed by atoms with Crippen molar-refractivity contribution in [1.82, 2.24) is 5.32 Å². The van der Waals surface area contributed by atoms with E-state index in [9.17, 15) is 0 Å². The second kappa shape index (κ2) is 6.79. The molecule has 2 aromatic carbocycles. The molecule has 0 heterocycles. The van der Waals surface area contributed by atoms with Crippen molar-refractivity contribution < 1.29 is 4.74 Å². The predicted molar refractivity (Wildman–Crippen MR) is 94.7 cm³/mol. The topological polar surface area (TPSA) is 21.3 Å². The van der Waals surface area contributed by atoms with Gasteiger partial charge in [0.2, 0.25) is 0 Å². The Morgan fingerprint density at radius 2 is 2.00 bits per heavy atom. The number of benzene rings is 2. The van der Waals surface area contributed by atoms with Gasteiger partial charge in [0.1, 0.15) is 12.4 Å². The molecule has 0 aliphatic heterocycles. The molecule has 21 heavy (non-hydrogen) atoms. The zero-order chi connectivity index (χ0) is 14.7. The van der Waals surface area contributed by atoms with E-state index in [0.717, 1.165) is 18.7 Å². The van der Waals surface area contributed by atoms with Crippen LogP contribution in [-0.2, 0) is 13.0 Å². The molecule has 3 rings (SSSR count). The number of halogens is 1.